The van der Waals surface area contributed by atoms with Crippen LogP contribution < -0.4 is 14.8 Å². The van der Waals surface area contributed by atoms with E-state index in [0.717, 1.165) is 17.9 Å². The molecular weight excluding hydrogens is 370 g/mol. The number of rotatable bonds is 8. The Bertz CT molecular complexity index is 943. The number of benzene rings is 3. The molecule has 1 atom stereocenters. The highest BCUT2D eigenvalue weighted by Gasteiger charge is 2.10. The molecule has 3 nitrogen and oxygen atoms in total. The zero-order valence-corrected chi connectivity index (χ0v) is 17.1. The lowest BCUT2D eigenvalue weighted by molar-refractivity contribution is 0.299. The van der Waals surface area contributed by atoms with E-state index in [1.165, 1.54) is 16.3 Å². The van der Waals surface area contributed by atoms with Crippen LogP contribution in [0.3, 0.4) is 0 Å². The molecule has 0 spiro atoms. The maximum absolute atomic E-state index is 5.70. The van der Waals surface area contributed by atoms with Gasteiger partial charge in [0.15, 0.2) is 11.5 Å². The fourth-order valence-electron chi connectivity index (χ4n) is 3.18. The SMILES string of the molecule is C#CCOc1ccc(CNC(C)c2cccc3ccccc23)cc1OCC.Cl. The van der Waals surface area contributed by atoms with Crippen LogP contribution in [0.5, 0.6) is 11.5 Å². The Morgan fingerprint density at radius 1 is 1.00 bits per heavy atom. The van der Waals surface area contributed by atoms with Crippen LogP contribution in [0.15, 0.2) is 60.7 Å². The van der Waals surface area contributed by atoms with Gasteiger partial charge in [0.1, 0.15) is 6.61 Å². The first-order chi connectivity index (χ1) is 13.2. The maximum atomic E-state index is 5.70. The summed E-state index contributed by atoms with van der Waals surface area (Å²) in [5.74, 6) is 3.89. The van der Waals surface area contributed by atoms with Crippen LogP contribution in [0.1, 0.15) is 31.0 Å². The number of fused-ring (bicyclic) bond motifs is 1. The molecule has 0 radical (unpaired) electrons. The Morgan fingerprint density at radius 2 is 1.79 bits per heavy atom. The van der Waals surface area contributed by atoms with Gasteiger partial charge >= 0.3 is 0 Å². The highest BCUT2D eigenvalue weighted by Crippen LogP contribution is 2.29. The van der Waals surface area contributed by atoms with Crippen LogP contribution in [0, 0.1) is 12.3 Å². The summed E-state index contributed by atoms with van der Waals surface area (Å²) in [4.78, 5) is 0. The predicted octanol–water partition coefficient (Wildman–Crippen LogP) is 5.52. The van der Waals surface area contributed by atoms with E-state index in [4.69, 9.17) is 15.9 Å². The van der Waals surface area contributed by atoms with Crippen LogP contribution in [0.2, 0.25) is 0 Å². The Labute approximate surface area is 173 Å². The third kappa shape index (κ3) is 5.19. The summed E-state index contributed by atoms with van der Waals surface area (Å²) in [5.41, 5.74) is 2.44. The minimum absolute atomic E-state index is 0. The lowest BCUT2D eigenvalue weighted by Crippen LogP contribution is -2.18. The second-order valence-corrected chi connectivity index (χ2v) is 6.38. The van der Waals surface area contributed by atoms with Gasteiger partial charge in [-0.2, -0.15) is 0 Å². The molecule has 0 aliphatic carbocycles. The first kappa shape index (κ1) is 21.6. The average Bonchev–Trinajstić information content (AvgIpc) is 2.71. The molecule has 0 saturated heterocycles. The smallest absolute Gasteiger partial charge is 0.162 e. The summed E-state index contributed by atoms with van der Waals surface area (Å²) < 4.78 is 11.3. The van der Waals surface area contributed by atoms with Gasteiger partial charge in [0.25, 0.3) is 0 Å². The first-order valence-electron chi connectivity index (χ1n) is 9.26. The molecule has 3 aromatic carbocycles. The molecule has 3 rings (SSSR count). The monoisotopic (exact) mass is 395 g/mol. The molecule has 146 valence electrons. The number of halogens is 1. The van der Waals surface area contributed by atoms with Gasteiger partial charge in [-0.3, -0.25) is 0 Å². The molecule has 0 aliphatic heterocycles. The normalized spacial score (nSPS) is 11.3. The third-order valence-corrected chi connectivity index (χ3v) is 4.52. The topological polar surface area (TPSA) is 30.5 Å². The van der Waals surface area contributed by atoms with E-state index in [0.29, 0.717) is 12.4 Å². The minimum Gasteiger partial charge on any atom is -0.490 e. The van der Waals surface area contributed by atoms with E-state index >= 15 is 0 Å². The van der Waals surface area contributed by atoms with Gasteiger partial charge in [0.2, 0.25) is 0 Å². The van der Waals surface area contributed by atoms with E-state index in [2.05, 4.69) is 60.6 Å². The van der Waals surface area contributed by atoms with Crippen molar-refractivity contribution in [2.24, 2.45) is 0 Å². The molecular formula is C24H26ClNO2. The van der Waals surface area contributed by atoms with Crippen molar-refractivity contribution in [2.75, 3.05) is 13.2 Å². The molecule has 0 fully saturated rings. The van der Waals surface area contributed by atoms with Gasteiger partial charge in [0.05, 0.1) is 6.61 Å². The summed E-state index contributed by atoms with van der Waals surface area (Å²) in [5, 5.41) is 6.16. The van der Waals surface area contributed by atoms with Crippen molar-refractivity contribution in [3.63, 3.8) is 0 Å². The molecule has 1 N–H and O–H groups in total. The highest BCUT2D eigenvalue weighted by atomic mass is 35.5. The molecule has 1 unspecified atom stereocenters. The summed E-state index contributed by atoms with van der Waals surface area (Å²) in [6.45, 7) is 5.69. The van der Waals surface area contributed by atoms with Gasteiger partial charge in [0, 0.05) is 12.6 Å². The van der Waals surface area contributed by atoms with Crippen molar-refractivity contribution < 1.29 is 9.47 Å². The molecule has 0 saturated carbocycles. The first-order valence-corrected chi connectivity index (χ1v) is 9.26. The number of hydrogen-bond acceptors (Lipinski definition) is 3. The van der Waals surface area contributed by atoms with E-state index in [1.807, 2.05) is 25.1 Å². The van der Waals surface area contributed by atoms with Crippen molar-refractivity contribution in [3.05, 3.63) is 71.8 Å². The lowest BCUT2D eigenvalue weighted by atomic mass is 9.99. The average molecular weight is 396 g/mol. The lowest BCUT2D eigenvalue weighted by Gasteiger charge is -2.18. The third-order valence-electron chi connectivity index (χ3n) is 4.52. The zero-order chi connectivity index (χ0) is 19.1. The van der Waals surface area contributed by atoms with Crippen LogP contribution in [0.4, 0.5) is 0 Å². The van der Waals surface area contributed by atoms with Gasteiger partial charge in [-0.05, 0) is 47.9 Å². The van der Waals surface area contributed by atoms with Crippen LogP contribution in [0.25, 0.3) is 10.8 Å². The molecule has 3 aromatic rings. The quantitative estimate of drug-likeness (QED) is 0.509. The van der Waals surface area contributed by atoms with Gasteiger partial charge in [-0.25, -0.2) is 0 Å². The number of ether oxygens (including phenoxy) is 2. The van der Waals surface area contributed by atoms with Gasteiger partial charge in [-0.1, -0.05) is 54.5 Å². The van der Waals surface area contributed by atoms with Crippen LogP contribution in [-0.2, 0) is 6.54 Å². The fraction of sp³-hybridized carbons (Fsp3) is 0.250. The summed E-state index contributed by atoms with van der Waals surface area (Å²) in [6, 6.07) is 21.1. The number of hydrogen-bond donors (Lipinski definition) is 1. The second-order valence-electron chi connectivity index (χ2n) is 6.38. The highest BCUT2D eigenvalue weighted by molar-refractivity contribution is 5.86. The minimum atomic E-state index is 0. The number of nitrogens with one attached hydrogen (secondary N) is 1. The molecule has 28 heavy (non-hydrogen) atoms. The molecule has 0 bridgehead atoms. The summed E-state index contributed by atoms with van der Waals surface area (Å²) >= 11 is 0. The van der Waals surface area contributed by atoms with E-state index in [9.17, 15) is 0 Å². The Kier molecular flexibility index (Phi) is 8.19. The second kappa shape index (κ2) is 10.6. The largest absolute Gasteiger partial charge is 0.490 e. The van der Waals surface area contributed by atoms with E-state index in [1.54, 1.807) is 0 Å². The van der Waals surface area contributed by atoms with Gasteiger partial charge in [-0.15, -0.1) is 18.8 Å². The van der Waals surface area contributed by atoms with Crippen molar-refractivity contribution in [2.45, 2.75) is 26.4 Å². The predicted molar refractivity (Wildman–Crippen MR) is 118 cm³/mol. The summed E-state index contributed by atoms with van der Waals surface area (Å²) in [6.07, 6.45) is 5.28. The van der Waals surface area contributed by atoms with Crippen LogP contribution in [-0.4, -0.2) is 13.2 Å². The summed E-state index contributed by atoms with van der Waals surface area (Å²) in [7, 11) is 0. The molecule has 0 aromatic heterocycles. The van der Waals surface area contributed by atoms with E-state index < -0.39 is 0 Å². The molecule has 4 heteroatoms. The Hall–Kier alpha value is -2.67. The van der Waals surface area contributed by atoms with Crippen molar-refractivity contribution in [1.29, 1.82) is 0 Å². The van der Waals surface area contributed by atoms with Crippen molar-refractivity contribution in [1.82, 2.24) is 5.32 Å². The maximum Gasteiger partial charge on any atom is 0.162 e. The van der Waals surface area contributed by atoms with E-state index in [-0.39, 0.29) is 25.1 Å². The Balaban J connectivity index is 0.00000280. The fourth-order valence-corrected chi connectivity index (χ4v) is 3.18. The zero-order valence-electron chi connectivity index (χ0n) is 16.3. The molecule has 0 aliphatic rings. The standard InChI is InChI=1S/C24H25NO2.ClH/c1-4-15-27-23-14-13-19(16-24(23)26-5-2)17-25-18(3)21-12-8-10-20-9-6-7-11-22(20)21;/h1,6-14,16,18,25H,5,15,17H2,2-3H3;1H. The van der Waals surface area contributed by atoms with Gasteiger partial charge < -0.3 is 14.8 Å². The van der Waals surface area contributed by atoms with Crippen LogP contribution >= 0.6 is 12.4 Å². The number of terminal acetylenes is 1. The molecule has 0 amide bonds. The Morgan fingerprint density at radius 3 is 2.57 bits per heavy atom. The molecule has 0 heterocycles. The van der Waals surface area contributed by atoms with Crippen molar-refractivity contribution in [3.8, 4) is 23.8 Å². The van der Waals surface area contributed by atoms with Crippen molar-refractivity contribution >= 4 is 23.2 Å².